The maximum absolute atomic E-state index is 5.47. The zero-order valence-electron chi connectivity index (χ0n) is 18.4. The molecule has 0 spiro atoms. The third kappa shape index (κ3) is 8.34. The first-order valence-corrected chi connectivity index (χ1v) is 10.3. The number of guanidine groups is 1. The Morgan fingerprint density at radius 2 is 1.79 bits per heavy atom. The summed E-state index contributed by atoms with van der Waals surface area (Å²) < 4.78 is 5.47. The van der Waals surface area contributed by atoms with E-state index in [0.29, 0.717) is 12.5 Å². The van der Waals surface area contributed by atoms with Crippen molar-refractivity contribution in [1.29, 1.82) is 0 Å². The van der Waals surface area contributed by atoms with Crippen molar-refractivity contribution < 1.29 is 4.52 Å². The van der Waals surface area contributed by atoms with E-state index in [4.69, 9.17) is 4.52 Å². The second kappa shape index (κ2) is 13.6. The molecule has 29 heavy (non-hydrogen) atoms. The number of nitrogens with one attached hydrogen (secondary N) is 2. The van der Waals surface area contributed by atoms with Gasteiger partial charge in [-0.05, 0) is 37.6 Å². The largest absolute Gasteiger partial charge is 0.359 e. The topological polar surface area (TPSA) is 65.7 Å². The van der Waals surface area contributed by atoms with Gasteiger partial charge in [-0.15, -0.1) is 24.0 Å². The molecule has 1 aromatic carbocycles. The van der Waals surface area contributed by atoms with Crippen LogP contribution in [0, 0.1) is 0 Å². The molecule has 0 fully saturated rings. The molecule has 7 heteroatoms. The molecule has 162 valence electrons. The highest BCUT2D eigenvalue weighted by atomic mass is 127. The van der Waals surface area contributed by atoms with Crippen LogP contribution >= 0.6 is 24.0 Å². The number of hydrogen-bond acceptors (Lipinski definition) is 4. The quantitative estimate of drug-likeness (QED) is 0.278. The molecule has 2 rings (SSSR count). The second-order valence-corrected chi connectivity index (χ2v) is 7.16. The fourth-order valence-electron chi connectivity index (χ4n) is 3.15. The lowest BCUT2D eigenvalue weighted by Gasteiger charge is -2.15. The highest BCUT2D eigenvalue weighted by Gasteiger charge is 2.13. The highest BCUT2D eigenvalue weighted by molar-refractivity contribution is 14.0. The summed E-state index contributed by atoms with van der Waals surface area (Å²) in [5.74, 6) is 2.04. The number of hydrogen-bond donors (Lipinski definition) is 2. The minimum Gasteiger partial charge on any atom is -0.359 e. The summed E-state index contributed by atoms with van der Waals surface area (Å²) in [7, 11) is 3.91. The van der Waals surface area contributed by atoms with Gasteiger partial charge in [0.25, 0.3) is 0 Å². The molecular formula is C22H36IN5O. The molecule has 1 aromatic heterocycles. The van der Waals surface area contributed by atoms with Crippen LogP contribution in [0.2, 0.25) is 0 Å². The summed E-state index contributed by atoms with van der Waals surface area (Å²) in [6.07, 6.45) is 2.15. The van der Waals surface area contributed by atoms with Gasteiger partial charge in [-0.1, -0.05) is 50.2 Å². The van der Waals surface area contributed by atoms with E-state index in [2.05, 4.69) is 77.8 Å². The number of rotatable bonds is 10. The maximum Gasteiger partial charge on any atom is 0.191 e. The van der Waals surface area contributed by atoms with Crippen LogP contribution in [-0.4, -0.2) is 36.7 Å². The summed E-state index contributed by atoms with van der Waals surface area (Å²) >= 11 is 0. The van der Waals surface area contributed by atoms with Gasteiger partial charge in [0, 0.05) is 32.1 Å². The van der Waals surface area contributed by atoms with Gasteiger partial charge in [0.1, 0.15) is 0 Å². The van der Waals surface area contributed by atoms with Crippen molar-refractivity contribution in [2.75, 3.05) is 20.6 Å². The maximum atomic E-state index is 5.47. The van der Waals surface area contributed by atoms with Crippen LogP contribution in [0.5, 0.6) is 0 Å². The summed E-state index contributed by atoms with van der Waals surface area (Å²) in [5, 5.41) is 10.9. The van der Waals surface area contributed by atoms with Gasteiger partial charge in [-0.3, -0.25) is 4.99 Å². The fraction of sp³-hybridized carbons (Fsp3) is 0.545. The van der Waals surface area contributed by atoms with Crippen molar-refractivity contribution in [2.24, 2.45) is 4.99 Å². The Kier molecular flexibility index (Phi) is 11.9. The minimum absolute atomic E-state index is 0. The van der Waals surface area contributed by atoms with E-state index in [1.165, 1.54) is 11.1 Å². The monoisotopic (exact) mass is 513 g/mol. The fourth-order valence-corrected chi connectivity index (χ4v) is 3.15. The van der Waals surface area contributed by atoms with E-state index in [1.807, 2.05) is 6.07 Å². The number of aliphatic imine (C=N–C) groups is 1. The van der Waals surface area contributed by atoms with E-state index >= 15 is 0 Å². The Hall–Kier alpha value is -1.61. The van der Waals surface area contributed by atoms with Gasteiger partial charge in [-0.25, -0.2) is 0 Å². The zero-order chi connectivity index (χ0) is 20.4. The van der Waals surface area contributed by atoms with Crippen molar-refractivity contribution >= 4 is 29.9 Å². The SMILES string of the molecule is CCC(CC)c1cc(CNC(=NC)NCc2cccc(CN(C)CC)c2)on1.I. The molecule has 0 radical (unpaired) electrons. The molecule has 1 heterocycles. The molecule has 0 bridgehead atoms. The normalized spacial score (nSPS) is 11.6. The van der Waals surface area contributed by atoms with E-state index in [9.17, 15) is 0 Å². The molecule has 0 aliphatic carbocycles. The number of aromatic nitrogens is 1. The Morgan fingerprint density at radius 3 is 2.45 bits per heavy atom. The first-order chi connectivity index (χ1) is 13.6. The Morgan fingerprint density at radius 1 is 1.10 bits per heavy atom. The second-order valence-electron chi connectivity index (χ2n) is 7.16. The lowest BCUT2D eigenvalue weighted by molar-refractivity contribution is 0.345. The molecule has 0 saturated carbocycles. The van der Waals surface area contributed by atoms with E-state index in [1.54, 1.807) is 7.05 Å². The minimum atomic E-state index is 0. The van der Waals surface area contributed by atoms with Crippen molar-refractivity contribution in [3.8, 4) is 0 Å². The third-order valence-electron chi connectivity index (χ3n) is 5.08. The van der Waals surface area contributed by atoms with Crippen LogP contribution in [0.15, 0.2) is 39.8 Å². The van der Waals surface area contributed by atoms with Crippen molar-refractivity contribution in [3.05, 3.63) is 52.9 Å². The first kappa shape index (κ1) is 25.4. The van der Waals surface area contributed by atoms with E-state index in [0.717, 1.165) is 49.9 Å². The lowest BCUT2D eigenvalue weighted by atomic mass is 9.99. The summed E-state index contributed by atoms with van der Waals surface area (Å²) in [4.78, 5) is 6.59. The van der Waals surface area contributed by atoms with Gasteiger partial charge in [0.05, 0.1) is 12.2 Å². The predicted octanol–water partition coefficient (Wildman–Crippen LogP) is 4.51. The molecule has 2 aromatic rings. The van der Waals surface area contributed by atoms with Crippen molar-refractivity contribution in [2.45, 2.75) is 59.2 Å². The molecule has 6 nitrogen and oxygen atoms in total. The van der Waals surface area contributed by atoms with Crippen LogP contribution in [0.3, 0.4) is 0 Å². The van der Waals surface area contributed by atoms with Crippen LogP contribution in [0.25, 0.3) is 0 Å². The van der Waals surface area contributed by atoms with Crippen molar-refractivity contribution in [1.82, 2.24) is 20.7 Å². The van der Waals surface area contributed by atoms with E-state index in [-0.39, 0.29) is 24.0 Å². The van der Waals surface area contributed by atoms with Crippen LogP contribution < -0.4 is 10.6 Å². The highest BCUT2D eigenvalue weighted by Crippen LogP contribution is 2.22. The average molecular weight is 513 g/mol. The van der Waals surface area contributed by atoms with Crippen LogP contribution in [-0.2, 0) is 19.6 Å². The average Bonchev–Trinajstić information content (AvgIpc) is 3.18. The smallest absolute Gasteiger partial charge is 0.191 e. The molecule has 0 unspecified atom stereocenters. The molecule has 0 saturated heterocycles. The molecule has 0 aliphatic heterocycles. The number of nitrogens with zero attached hydrogens (tertiary/aromatic N) is 3. The molecule has 2 N–H and O–H groups in total. The third-order valence-corrected chi connectivity index (χ3v) is 5.08. The van der Waals surface area contributed by atoms with Crippen LogP contribution in [0.1, 0.15) is 62.1 Å². The summed E-state index contributed by atoms with van der Waals surface area (Å²) in [5.41, 5.74) is 3.60. The molecule has 0 atom stereocenters. The first-order valence-electron chi connectivity index (χ1n) is 10.3. The van der Waals surface area contributed by atoms with Gasteiger partial charge >= 0.3 is 0 Å². The molecular weight excluding hydrogens is 477 g/mol. The van der Waals surface area contributed by atoms with Crippen LogP contribution in [0.4, 0.5) is 0 Å². The lowest BCUT2D eigenvalue weighted by Crippen LogP contribution is -2.36. The van der Waals surface area contributed by atoms with E-state index < -0.39 is 0 Å². The summed E-state index contributed by atoms with van der Waals surface area (Å²) in [6.45, 7) is 9.82. The van der Waals surface area contributed by atoms with Gasteiger partial charge in [0.2, 0.25) is 0 Å². The Balaban J connectivity index is 0.00000420. The Bertz CT molecular complexity index is 742. The predicted molar refractivity (Wildman–Crippen MR) is 131 cm³/mol. The molecule has 0 amide bonds. The van der Waals surface area contributed by atoms with Gasteiger partial charge in [0.15, 0.2) is 11.7 Å². The zero-order valence-corrected chi connectivity index (χ0v) is 20.7. The number of benzene rings is 1. The standard InChI is InChI=1S/C22H35N5O.HI/c1-6-19(7-2)21-13-20(28-26-21)15-25-22(23-4)24-14-17-10-9-11-18(12-17)16-27(5)8-3;/h9-13,19H,6-8,14-16H2,1-5H3,(H2,23,24,25);1H. The Labute approximate surface area is 192 Å². The van der Waals surface area contributed by atoms with Crippen molar-refractivity contribution in [3.63, 3.8) is 0 Å². The molecule has 0 aliphatic rings. The van der Waals surface area contributed by atoms with Gasteiger partial charge in [-0.2, -0.15) is 0 Å². The summed E-state index contributed by atoms with van der Waals surface area (Å²) in [6, 6.07) is 10.7. The number of halogens is 1. The van der Waals surface area contributed by atoms with Gasteiger partial charge < -0.3 is 20.1 Å².